The molecular formula is C25H20N2O5. The highest BCUT2D eigenvalue weighted by molar-refractivity contribution is 5.99. The zero-order chi connectivity index (χ0) is 22.7. The maximum Gasteiger partial charge on any atom is 0.335 e. The number of benzene rings is 3. The van der Waals surface area contributed by atoms with E-state index in [9.17, 15) is 19.8 Å². The smallest absolute Gasteiger partial charge is 0.335 e. The van der Waals surface area contributed by atoms with Crippen molar-refractivity contribution in [1.82, 2.24) is 10.3 Å². The number of carbonyl (C=O) groups excluding carboxylic acids is 1. The lowest BCUT2D eigenvalue weighted by Gasteiger charge is -2.15. The molecule has 0 aliphatic heterocycles. The average Bonchev–Trinajstić information content (AvgIpc) is 2.82. The Bertz CT molecular complexity index is 1290. The van der Waals surface area contributed by atoms with Crippen LogP contribution in [-0.4, -0.2) is 32.2 Å². The van der Waals surface area contributed by atoms with E-state index >= 15 is 0 Å². The predicted molar refractivity (Wildman–Crippen MR) is 118 cm³/mol. The first-order valence-electron chi connectivity index (χ1n) is 9.87. The minimum atomic E-state index is -1.16. The molecule has 1 amide bonds. The number of phenols is 1. The Labute approximate surface area is 183 Å². The Kier molecular flexibility index (Phi) is 5.83. The molecule has 1 aromatic heterocycles. The Morgan fingerprint density at radius 1 is 0.938 bits per heavy atom. The monoisotopic (exact) mass is 428 g/mol. The number of nitrogens with zero attached hydrogens (tertiary/aromatic N) is 1. The third-order valence-corrected chi connectivity index (χ3v) is 5.19. The Balaban J connectivity index is 1.59. The lowest BCUT2D eigenvalue weighted by atomic mass is 9.96. The first-order chi connectivity index (χ1) is 15.4. The van der Waals surface area contributed by atoms with Crippen molar-refractivity contribution >= 4 is 22.6 Å². The molecule has 0 spiro atoms. The second-order valence-corrected chi connectivity index (χ2v) is 7.35. The summed E-state index contributed by atoms with van der Waals surface area (Å²) in [5.74, 6) is -1.41. The van der Waals surface area contributed by atoms with Crippen molar-refractivity contribution in [1.29, 1.82) is 0 Å². The highest BCUT2D eigenvalue weighted by Crippen LogP contribution is 2.33. The Morgan fingerprint density at radius 2 is 1.69 bits per heavy atom. The van der Waals surface area contributed by atoms with Gasteiger partial charge in [0.15, 0.2) is 0 Å². The van der Waals surface area contributed by atoms with Crippen molar-refractivity contribution in [3.8, 4) is 5.75 Å². The van der Waals surface area contributed by atoms with Crippen molar-refractivity contribution in [2.75, 3.05) is 0 Å². The normalized spacial score (nSPS) is 11.8. The van der Waals surface area contributed by atoms with Crippen LogP contribution in [0.3, 0.4) is 0 Å². The van der Waals surface area contributed by atoms with Gasteiger partial charge in [0.1, 0.15) is 11.9 Å². The largest absolute Gasteiger partial charge is 0.508 e. The summed E-state index contributed by atoms with van der Waals surface area (Å²) in [6, 6.07) is 17.7. The number of hydrogen-bond donors (Lipinski definition) is 4. The molecular weight excluding hydrogens is 408 g/mol. The van der Waals surface area contributed by atoms with Crippen LogP contribution in [0.5, 0.6) is 5.75 Å². The summed E-state index contributed by atoms with van der Waals surface area (Å²) in [5.41, 5.74) is 2.12. The molecule has 1 heterocycles. The summed E-state index contributed by atoms with van der Waals surface area (Å²) >= 11 is 0. The quantitative estimate of drug-likeness (QED) is 0.372. The number of rotatable bonds is 6. The van der Waals surface area contributed by atoms with Crippen LogP contribution in [0.2, 0.25) is 0 Å². The highest BCUT2D eigenvalue weighted by Gasteiger charge is 2.17. The summed E-state index contributed by atoms with van der Waals surface area (Å²) in [6.45, 7) is 0.344. The summed E-state index contributed by atoms with van der Waals surface area (Å²) in [4.78, 5) is 27.6. The van der Waals surface area contributed by atoms with Crippen molar-refractivity contribution < 1.29 is 24.9 Å². The fourth-order valence-electron chi connectivity index (χ4n) is 3.44. The topological polar surface area (TPSA) is 120 Å². The van der Waals surface area contributed by atoms with Crippen molar-refractivity contribution in [2.24, 2.45) is 0 Å². The number of aromatic carboxylic acids is 1. The molecule has 0 saturated heterocycles. The van der Waals surface area contributed by atoms with Crippen LogP contribution in [0.1, 0.15) is 43.5 Å². The standard InChI is InChI=1S/C25H20N2O5/c28-22-12-18-7-8-19(24(30)27-14-15-2-1-9-26-13-15)10-20(18)11-21(22)23(29)16-3-5-17(6-4-16)25(31)32/h1-13,23,28-29H,14H2,(H,27,30)(H,31,32). The number of hydrogen-bond acceptors (Lipinski definition) is 5. The van der Waals surface area contributed by atoms with Crippen LogP contribution < -0.4 is 5.32 Å². The Morgan fingerprint density at radius 3 is 2.38 bits per heavy atom. The molecule has 0 saturated carbocycles. The summed E-state index contributed by atoms with van der Waals surface area (Å²) < 4.78 is 0. The van der Waals surface area contributed by atoms with E-state index in [0.717, 1.165) is 5.56 Å². The van der Waals surface area contributed by atoms with E-state index in [1.54, 1.807) is 42.7 Å². The average molecular weight is 428 g/mol. The zero-order valence-electron chi connectivity index (χ0n) is 16.9. The van der Waals surface area contributed by atoms with E-state index in [0.29, 0.717) is 28.4 Å². The molecule has 4 rings (SSSR count). The second-order valence-electron chi connectivity index (χ2n) is 7.35. The van der Waals surface area contributed by atoms with E-state index < -0.39 is 12.1 Å². The number of phenolic OH excluding ortho intramolecular Hbond substituents is 1. The van der Waals surface area contributed by atoms with Crippen LogP contribution in [0.4, 0.5) is 0 Å². The lowest BCUT2D eigenvalue weighted by Crippen LogP contribution is -2.22. The third kappa shape index (κ3) is 4.43. The SMILES string of the molecule is O=C(O)c1ccc(C(O)c2cc3cc(C(=O)NCc4cccnc4)ccc3cc2O)cc1. The van der Waals surface area contributed by atoms with Crippen LogP contribution in [0.15, 0.2) is 79.1 Å². The van der Waals surface area contributed by atoms with E-state index in [4.69, 9.17) is 5.11 Å². The molecule has 0 aliphatic carbocycles. The first kappa shape index (κ1) is 21.0. The number of aromatic nitrogens is 1. The summed E-state index contributed by atoms with van der Waals surface area (Å²) in [5, 5.41) is 34.4. The summed E-state index contributed by atoms with van der Waals surface area (Å²) in [7, 11) is 0. The van der Waals surface area contributed by atoms with Gasteiger partial charge in [-0.25, -0.2) is 4.79 Å². The fraction of sp³-hybridized carbons (Fsp3) is 0.0800. The van der Waals surface area contributed by atoms with Gasteiger partial charge in [-0.2, -0.15) is 0 Å². The molecule has 0 aliphatic rings. The number of fused-ring (bicyclic) bond motifs is 1. The Hall–Kier alpha value is -4.23. The fourth-order valence-corrected chi connectivity index (χ4v) is 3.44. The molecule has 0 fully saturated rings. The predicted octanol–water partition coefficient (Wildman–Crippen LogP) is 3.65. The third-order valence-electron chi connectivity index (χ3n) is 5.19. The molecule has 4 N–H and O–H groups in total. The van der Waals surface area contributed by atoms with Gasteiger partial charge in [-0.15, -0.1) is 0 Å². The minimum Gasteiger partial charge on any atom is -0.508 e. The molecule has 0 bridgehead atoms. The first-order valence-corrected chi connectivity index (χ1v) is 9.87. The number of aromatic hydroxyl groups is 1. The number of carboxylic acids is 1. The van der Waals surface area contributed by atoms with Gasteiger partial charge in [-0.05, 0) is 64.4 Å². The van der Waals surface area contributed by atoms with Gasteiger partial charge in [0.2, 0.25) is 0 Å². The van der Waals surface area contributed by atoms with E-state index in [2.05, 4.69) is 10.3 Å². The number of aliphatic hydroxyl groups excluding tert-OH is 1. The zero-order valence-corrected chi connectivity index (χ0v) is 16.9. The van der Waals surface area contributed by atoms with Gasteiger partial charge >= 0.3 is 5.97 Å². The number of nitrogens with one attached hydrogen (secondary N) is 1. The molecule has 32 heavy (non-hydrogen) atoms. The number of aliphatic hydroxyl groups is 1. The molecule has 1 atom stereocenters. The van der Waals surface area contributed by atoms with E-state index in [-0.39, 0.29) is 22.8 Å². The molecule has 1 unspecified atom stereocenters. The molecule has 3 aromatic carbocycles. The van der Waals surface area contributed by atoms with Crippen molar-refractivity contribution in [3.05, 3.63) is 107 Å². The van der Waals surface area contributed by atoms with Gasteiger partial charge in [0, 0.05) is 30.1 Å². The van der Waals surface area contributed by atoms with Crippen LogP contribution in [-0.2, 0) is 6.54 Å². The van der Waals surface area contributed by atoms with Crippen LogP contribution in [0.25, 0.3) is 10.8 Å². The molecule has 160 valence electrons. The van der Waals surface area contributed by atoms with Crippen molar-refractivity contribution in [2.45, 2.75) is 12.6 Å². The number of carbonyl (C=O) groups is 2. The van der Waals surface area contributed by atoms with E-state index in [1.165, 1.54) is 30.3 Å². The molecule has 4 aromatic rings. The second kappa shape index (κ2) is 8.87. The minimum absolute atomic E-state index is 0.0962. The highest BCUT2D eigenvalue weighted by atomic mass is 16.4. The molecule has 7 heteroatoms. The van der Waals surface area contributed by atoms with Crippen molar-refractivity contribution in [3.63, 3.8) is 0 Å². The number of carboxylic acid groups (broad SMARTS) is 1. The molecule has 7 nitrogen and oxygen atoms in total. The summed E-state index contributed by atoms with van der Waals surface area (Å²) in [6.07, 6.45) is 2.18. The van der Waals surface area contributed by atoms with Crippen LogP contribution >= 0.6 is 0 Å². The van der Waals surface area contributed by atoms with Gasteiger partial charge in [-0.3, -0.25) is 9.78 Å². The maximum atomic E-state index is 12.6. The maximum absolute atomic E-state index is 12.6. The van der Waals surface area contributed by atoms with Gasteiger partial charge < -0.3 is 20.6 Å². The van der Waals surface area contributed by atoms with E-state index in [1.807, 2.05) is 6.07 Å². The van der Waals surface area contributed by atoms with Gasteiger partial charge in [0.05, 0.1) is 5.56 Å². The van der Waals surface area contributed by atoms with Crippen LogP contribution in [0, 0.1) is 0 Å². The number of pyridine rings is 1. The molecule has 0 radical (unpaired) electrons. The lowest BCUT2D eigenvalue weighted by molar-refractivity contribution is 0.0696. The number of amides is 1. The van der Waals surface area contributed by atoms with Gasteiger partial charge in [0.25, 0.3) is 5.91 Å². The van der Waals surface area contributed by atoms with Gasteiger partial charge in [-0.1, -0.05) is 24.3 Å².